The fourth-order valence-electron chi connectivity index (χ4n) is 4.36. The predicted molar refractivity (Wildman–Crippen MR) is 101 cm³/mol. The molecule has 2 amide bonds. The number of carbonyl (C=O) groups is 2. The summed E-state index contributed by atoms with van der Waals surface area (Å²) in [5, 5.41) is 4.36. The minimum absolute atomic E-state index is 0.0248. The first kappa shape index (κ1) is 20.0. The van der Waals surface area contributed by atoms with E-state index in [0.717, 1.165) is 25.7 Å². The van der Waals surface area contributed by atoms with Crippen LogP contribution in [0.5, 0.6) is 0 Å². The molecular formula is C19H20ClF3N4O2. The summed E-state index contributed by atoms with van der Waals surface area (Å²) >= 11 is 6.04. The lowest BCUT2D eigenvalue weighted by Crippen LogP contribution is -2.63. The highest BCUT2D eigenvalue weighted by Crippen LogP contribution is 2.45. The summed E-state index contributed by atoms with van der Waals surface area (Å²) in [7, 11) is 0. The summed E-state index contributed by atoms with van der Waals surface area (Å²) in [4.78, 5) is 29.2. The SMILES string of the molecule is Cc1cc(Cl)cc2c1nc1n2C(NC(=O)CCC2CCCC2)(C(F)(F)F)C(=O)N1. The summed E-state index contributed by atoms with van der Waals surface area (Å²) < 4.78 is 43.6. The topological polar surface area (TPSA) is 76.0 Å². The highest BCUT2D eigenvalue weighted by atomic mass is 35.5. The fourth-order valence-corrected chi connectivity index (χ4v) is 4.63. The van der Waals surface area contributed by atoms with Gasteiger partial charge >= 0.3 is 6.18 Å². The maximum atomic E-state index is 14.3. The van der Waals surface area contributed by atoms with Gasteiger partial charge in [-0.05, 0) is 37.0 Å². The second-order valence-electron chi connectivity index (χ2n) is 7.76. The minimum Gasteiger partial charge on any atom is -0.317 e. The van der Waals surface area contributed by atoms with Gasteiger partial charge in [0.1, 0.15) is 0 Å². The zero-order chi connectivity index (χ0) is 21.0. The Kier molecular flexibility index (Phi) is 4.76. The molecule has 1 aromatic carbocycles. The lowest BCUT2D eigenvalue weighted by atomic mass is 10.0. The van der Waals surface area contributed by atoms with Gasteiger partial charge in [-0.25, -0.2) is 4.98 Å². The Labute approximate surface area is 169 Å². The molecule has 1 fully saturated rings. The molecule has 0 radical (unpaired) electrons. The van der Waals surface area contributed by atoms with Crippen LogP contribution in [0, 0.1) is 12.8 Å². The molecule has 0 bridgehead atoms. The molecular weight excluding hydrogens is 409 g/mol. The Hall–Kier alpha value is -2.29. The Morgan fingerprint density at radius 2 is 2.07 bits per heavy atom. The van der Waals surface area contributed by atoms with Crippen LogP contribution < -0.4 is 10.6 Å². The Morgan fingerprint density at radius 1 is 1.38 bits per heavy atom. The molecule has 1 aliphatic heterocycles. The van der Waals surface area contributed by atoms with Crippen molar-refractivity contribution >= 4 is 40.4 Å². The first-order valence-electron chi connectivity index (χ1n) is 9.52. The van der Waals surface area contributed by atoms with Crippen molar-refractivity contribution in [2.75, 3.05) is 5.32 Å². The number of aromatic nitrogens is 2. The number of nitrogens with one attached hydrogen (secondary N) is 2. The lowest BCUT2D eigenvalue weighted by molar-refractivity contribution is -0.217. The summed E-state index contributed by atoms with van der Waals surface area (Å²) in [5.41, 5.74) is -2.40. The number of hydrogen-bond donors (Lipinski definition) is 2. The molecule has 2 aliphatic rings. The van der Waals surface area contributed by atoms with Gasteiger partial charge in [-0.2, -0.15) is 13.2 Å². The number of imidazole rings is 1. The van der Waals surface area contributed by atoms with E-state index >= 15 is 0 Å². The molecule has 2 heterocycles. The number of halogens is 4. The third-order valence-corrected chi connectivity index (χ3v) is 6.01. The Bertz CT molecular complexity index is 997. The number of aryl methyl sites for hydroxylation is 1. The van der Waals surface area contributed by atoms with Crippen LogP contribution in [0.15, 0.2) is 12.1 Å². The smallest absolute Gasteiger partial charge is 0.317 e. The quantitative estimate of drug-likeness (QED) is 0.764. The van der Waals surface area contributed by atoms with Crippen LogP contribution in [0.2, 0.25) is 5.02 Å². The monoisotopic (exact) mass is 428 g/mol. The number of fused-ring (bicyclic) bond motifs is 3. The van der Waals surface area contributed by atoms with Crippen LogP contribution in [0.3, 0.4) is 0 Å². The minimum atomic E-state index is -5.09. The van der Waals surface area contributed by atoms with E-state index in [1.807, 2.05) is 5.32 Å². The van der Waals surface area contributed by atoms with Crippen LogP contribution in [0.1, 0.15) is 44.1 Å². The maximum absolute atomic E-state index is 14.3. The maximum Gasteiger partial charge on any atom is 0.440 e. The van der Waals surface area contributed by atoms with Crippen molar-refractivity contribution in [1.29, 1.82) is 0 Å². The summed E-state index contributed by atoms with van der Waals surface area (Å²) in [5.74, 6) is -2.14. The second-order valence-corrected chi connectivity index (χ2v) is 8.20. The van der Waals surface area contributed by atoms with Crippen molar-refractivity contribution in [3.8, 4) is 0 Å². The molecule has 1 aromatic heterocycles. The van der Waals surface area contributed by atoms with Gasteiger partial charge in [-0.1, -0.05) is 37.3 Å². The number of carbonyl (C=O) groups excluding carboxylic acids is 2. The average molecular weight is 429 g/mol. The Morgan fingerprint density at radius 3 is 2.72 bits per heavy atom. The van der Waals surface area contributed by atoms with Crippen LogP contribution in [-0.2, 0) is 15.3 Å². The van der Waals surface area contributed by atoms with Gasteiger partial charge in [0.25, 0.3) is 11.6 Å². The summed E-state index contributed by atoms with van der Waals surface area (Å²) in [6.07, 6.45) is -0.549. The van der Waals surface area contributed by atoms with Crippen molar-refractivity contribution in [3.05, 3.63) is 22.7 Å². The third-order valence-electron chi connectivity index (χ3n) is 5.79. The number of anilines is 1. The van der Waals surface area contributed by atoms with Crippen molar-refractivity contribution in [1.82, 2.24) is 14.9 Å². The molecule has 0 saturated heterocycles. The molecule has 1 unspecified atom stereocenters. The van der Waals surface area contributed by atoms with E-state index < -0.39 is 23.7 Å². The van der Waals surface area contributed by atoms with Crippen molar-refractivity contribution in [3.63, 3.8) is 0 Å². The molecule has 2 aromatic rings. The molecule has 1 atom stereocenters. The first-order chi connectivity index (χ1) is 13.6. The standard InChI is InChI=1S/C19H20ClF3N4O2/c1-10-8-12(20)9-13-15(10)24-17-25-16(29)18(27(13)17,19(21,22)23)26-14(28)7-6-11-4-2-3-5-11/h8-9,11H,2-7H2,1H3,(H,26,28)(H,24,25,29). The zero-order valence-corrected chi connectivity index (χ0v) is 16.5. The van der Waals surface area contributed by atoms with Crippen molar-refractivity contribution in [2.45, 2.75) is 57.3 Å². The van der Waals surface area contributed by atoms with E-state index in [9.17, 15) is 22.8 Å². The van der Waals surface area contributed by atoms with Gasteiger partial charge in [0.15, 0.2) is 0 Å². The number of nitrogens with zero attached hydrogens (tertiary/aromatic N) is 2. The summed E-state index contributed by atoms with van der Waals surface area (Å²) in [6, 6.07) is 2.88. The molecule has 2 N–H and O–H groups in total. The van der Waals surface area contributed by atoms with Gasteiger partial charge in [-0.15, -0.1) is 0 Å². The lowest BCUT2D eigenvalue weighted by Gasteiger charge is -2.32. The van der Waals surface area contributed by atoms with Crippen LogP contribution in [0.4, 0.5) is 19.1 Å². The van der Waals surface area contributed by atoms with E-state index in [2.05, 4.69) is 10.3 Å². The summed E-state index contributed by atoms with van der Waals surface area (Å²) in [6.45, 7) is 1.66. The number of amides is 2. The first-order valence-corrected chi connectivity index (χ1v) is 9.89. The number of benzene rings is 1. The largest absolute Gasteiger partial charge is 0.440 e. The molecule has 1 saturated carbocycles. The third kappa shape index (κ3) is 3.15. The van der Waals surface area contributed by atoms with E-state index in [4.69, 9.17) is 11.6 Å². The number of hydrogen-bond acceptors (Lipinski definition) is 3. The van der Waals surface area contributed by atoms with Gasteiger partial charge in [0, 0.05) is 11.4 Å². The molecule has 6 nitrogen and oxygen atoms in total. The molecule has 29 heavy (non-hydrogen) atoms. The van der Waals surface area contributed by atoms with E-state index in [-0.39, 0.29) is 28.4 Å². The molecule has 4 rings (SSSR count). The Balaban J connectivity index is 1.75. The van der Waals surface area contributed by atoms with Gasteiger partial charge in [-0.3, -0.25) is 19.5 Å². The number of rotatable bonds is 4. The normalized spacial score (nSPS) is 22.2. The molecule has 10 heteroatoms. The molecule has 156 valence electrons. The van der Waals surface area contributed by atoms with Gasteiger partial charge < -0.3 is 5.32 Å². The zero-order valence-electron chi connectivity index (χ0n) is 15.7. The number of alkyl halides is 3. The van der Waals surface area contributed by atoms with Crippen LogP contribution in [0.25, 0.3) is 11.0 Å². The van der Waals surface area contributed by atoms with E-state index in [1.165, 1.54) is 6.07 Å². The average Bonchev–Trinajstić information content (AvgIpc) is 3.30. The van der Waals surface area contributed by atoms with Crippen LogP contribution >= 0.6 is 11.6 Å². The van der Waals surface area contributed by atoms with Gasteiger partial charge in [0.2, 0.25) is 11.9 Å². The van der Waals surface area contributed by atoms with Crippen LogP contribution in [-0.4, -0.2) is 27.5 Å². The van der Waals surface area contributed by atoms with E-state index in [0.29, 0.717) is 22.5 Å². The second kappa shape index (κ2) is 6.90. The molecule has 1 aliphatic carbocycles. The highest BCUT2D eigenvalue weighted by Gasteiger charge is 2.67. The fraction of sp³-hybridized carbons (Fsp3) is 0.526. The van der Waals surface area contributed by atoms with Crippen molar-refractivity contribution < 1.29 is 22.8 Å². The predicted octanol–water partition coefficient (Wildman–Crippen LogP) is 4.25. The van der Waals surface area contributed by atoms with Crippen molar-refractivity contribution in [2.24, 2.45) is 5.92 Å². The van der Waals surface area contributed by atoms with Gasteiger partial charge in [0.05, 0.1) is 11.0 Å². The van der Waals surface area contributed by atoms with E-state index in [1.54, 1.807) is 13.0 Å². The highest BCUT2D eigenvalue weighted by molar-refractivity contribution is 6.31. The molecule has 0 spiro atoms.